The predicted octanol–water partition coefficient (Wildman–Crippen LogP) is 3.52. The molecule has 0 spiro atoms. The lowest BCUT2D eigenvalue weighted by Crippen LogP contribution is -2.52. The van der Waals surface area contributed by atoms with Crippen molar-refractivity contribution in [1.29, 1.82) is 0 Å². The van der Waals surface area contributed by atoms with Crippen LogP contribution in [0.5, 0.6) is 5.75 Å². The third-order valence-electron chi connectivity index (χ3n) is 4.89. The molecule has 156 valence electrons. The van der Waals surface area contributed by atoms with E-state index in [9.17, 15) is 9.59 Å². The number of amides is 2. The van der Waals surface area contributed by atoms with Crippen LogP contribution in [0.3, 0.4) is 0 Å². The SMILES string of the molecule is COc1ccc(CCC(C)NC(=O)C(NC(=O)Cc2ccccc2)C(C)C)cc1. The summed E-state index contributed by atoms with van der Waals surface area (Å²) in [5.74, 6) is 0.559. The third kappa shape index (κ3) is 7.60. The minimum atomic E-state index is -0.547. The lowest BCUT2D eigenvalue weighted by molar-refractivity contribution is -0.130. The van der Waals surface area contributed by atoms with Crippen LogP contribution in [-0.4, -0.2) is 31.0 Å². The minimum absolute atomic E-state index is 0.00325. The topological polar surface area (TPSA) is 67.4 Å². The fraction of sp³-hybridized carbons (Fsp3) is 0.417. The highest BCUT2D eigenvalue weighted by Crippen LogP contribution is 2.13. The van der Waals surface area contributed by atoms with Crippen LogP contribution in [0.15, 0.2) is 54.6 Å². The van der Waals surface area contributed by atoms with Crippen LogP contribution in [-0.2, 0) is 22.4 Å². The fourth-order valence-corrected chi connectivity index (χ4v) is 3.12. The quantitative estimate of drug-likeness (QED) is 0.646. The Kier molecular flexibility index (Phi) is 8.71. The van der Waals surface area contributed by atoms with Gasteiger partial charge in [-0.15, -0.1) is 0 Å². The van der Waals surface area contributed by atoms with Crippen LogP contribution in [0.25, 0.3) is 0 Å². The van der Waals surface area contributed by atoms with Gasteiger partial charge in [0.2, 0.25) is 11.8 Å². The highest BCUT2D eigenvalue weighted by atomic mass is 16.5. The molecule has 0 aliphatic carbocycles. The number of nitrogens with one attached hydrogen (secondary N) is 2. The average molecular weight is 397 g/mol. The van der Waals surface area contributed by atoms with Gasteiger partial charge in [-0.25, -0.2) is 0 Å². The van der Waals surface area contributed by atoms with Gasteiger partial charge in [-0.2, -0.15) is 0 Å². The van der Waals surface area contributed by atoms with Gasteiger partial charge in [0.1, 0.15) is 11.8 Å². The summed E-state index contributed by atoms with van der Waals surface area (Å²) in [6, 6.07) is 17.0. The van der Waals surface area contributed by atoms with Crippen molar-refractivity contribution in [3.63, 3.8) is 0 Å². The van der Waals surface area contributed by atoms with Crippen molar-refractivity contribution in [3.8, 4) is 5.75 Å². The zero-order valence-electron chi connectivity index (χ0n) is 17.8. The van der Waals surface area contributed by atoms with Gasteiger partial charge in [0.25, 0.3) is 0 Å². The highest BCUT2D eigenvalue weighted by molar-refractivity contribution is 5.88. The van der Waals surface area contributed by atoms with Gasteiger partial charge in [0.15, 0.2) is 0 Å². The number of carbonyl (C=O) groups excluding carboxylic acids is 2. The molecule has 0 bridgehead atoms. The van der Waals surface area contributed by atoms with E-state index in [4.69, 9.17) is 4.74 Å². The summed E-state index contributed by atoms with van der Waals surface area (Å²) in [7, 11) is 1.65. The van der Waals surface area contributed by atoms with Crippen LogP contribution < -0.4 is 15.4 Å². The van der Waals surface area contributed by atoms with Crippen LogP contribution in [0, 0.1) is 5.92 Å². The van der Waals surface area contributed by atoms with Gasteiger partial charge in [0.05, 0.1) is 13.5 Å². The Morgan fingerprint density at radius 3 is 2.14 bits per heavy atom. The Bertz CT molecular complexity index is 772. The molecule has 0 saturated carbocycles. The number of hydrogen-bond acceptors (Lipinski definition) is 3. The molecule has 0 aromatic heterocycles. The summed E-state index contributed by atoms with van der Waals surface area (Å²) in [4.78, 5) is 25.1. The fourth-order valence-electron chi connectivity index (χ4n) is 3.12. The van der Waals surface area contributed by atoms with Crippen molar-refractivity contribution in [2.24, 2.45) is 5.92 Å². The molecule has 0 aliphatic heterocycles. The molecule has 0 saturated heterocycles. The molecule has 2 amide bonds. The molecule has 2 unspecified atom stereocenters. The Morgan fingerprint density at radius 1 is 0.897 bits per heavy atom. The summed E-state index contributed by atoms with van der Waals surface area (Å²) in [6.45, 7) is 5.87. The van der Waals surface area contributed by atoms with Gasteiger partial charge < -0.3 is 15.4 Å². The molecule has 5 heteroatoms. The van der Waals surface area contributed by atoms with E-state index in [2.05, 4.69) is 10.6 Å². The molecule has 2 aromatic carbocycles. The van der Waals surface area contributed by atoms with Gasteiger partial charge in [0, 0.05) is 6.04 Å². The van der Waals surface area contributed by atoms with Crippen LogP contribution in [0.1, 0.15) is 38.3 Å². The smallest absolute Gasteiger partial charge is 0.243 e. The van der Waals surface area contributed by atoms with Crippen LogP contribution >= 0.6 is 0 Å². The molecule has 0 fully saturated rings. The normalized spacial score (nSPS) is 12.9. The first-order chi connectivity index (χ1) is 13.9. The Balaban J connectivity index is 1.84. The molecular formula is C24H32N2O3. The minimum Gasteiger partial charge on any atom is -0.497 e. The van der Waals surface area contributed by atoms with E-state index in [0.717, 1.165) is 24.2 Å². The summed E-state index contributed by atoms with van der Waals surface area (Å²) < 4.78 is 5.17. The maximum absolute atomic E-state index is 12.7. The molecule has 2 rings (SSSR count). The zero-order chi connectivity index (χ0) is 21.2. The first-order valence-corrected chi connectivity index (χ1v) is 10.2. The largest absolute Gasteiger partial charge is 0.497 e. The van der Waals surface area contributed by atoms with E-state index in [1.165, 1.54) is 5.56 Å². The first kappa shape index (κ1) is 22.5. The van der Waals surface area contributed by atoms with Crippen LogP contribution in [0.4, 0.5) is 0 Å². The van der Waals surface area contributed by atoms with Crippen molar-refractivity contribution >= 4 is 11.8 Å². The second kappa shape index (κ2) is 11.2. The number of aryl methyl sites for hydroxylation is 1. The Morgan fingerprint density at radius 2 is 1.55 bits per heavy atom. The third-order valence-corrected chi connectivity index (χ3v) is 4.89. The van der Waals surface area contributed by atoms with E-state index in [0.29, 0.717) is 0 Å². The number of carbonyl (C=O) groups is 2. The molecular weight excluding hydrogens is 364 g/mol. The van der Waals surface area contributed by atoms with E-state index >= 15 is 0 Å². The predicted molar refractivity (Wildman–Crippen MR) is 116 cm³/mol. The first-order valence-electron chi connectivity index (χ1n) is 10.2. The standard InChI is InChI=1S/C24H32N2O3/c1-17(2)23(26-22(27)16-20-8-6-5-7-9-20)24(28)25-18(3)10-11-19-12-14-21(29-4)15-13-19/h5-9,12-15,17-18,23H,10-11,16H2,1-4H3,(H,25,28)(H,26,27). The molecule has 0 radical (unpaired) electrons. The molecule has 2 N–H and O–H groups in total. The lowest BCUT2D eigenvalue weighted by atomic mass is 10.0. The van der Waals surface area contributed by atoms with Gasteiger partial charge >= 0.3 is 0 Å². The van der Waals surface area contributed by atoms with Gasteiger partial charge in [-0.1, -0.05) is 56.3 Å². The average Bonchev–Trinajstić information content (AvgIpc) is 2.71. The second-order valence-corrected chi connectivity index (χ2v) is 7.75. The number of hydrogen-bond donors (Lipinski definition) is 2. The zero-order valence-corrected chi connectivity index (χ0v) is 17.8. The monoisotopic (exact) mass is 396 g/mol. The maximum Gasteiger partial charge on any atom is 0.243 e. The molecule has 2 aromatic rings. The Labute approximate surface area is 173 Å². The molecule has 0 heterocycles. The van der Waals surface area contributed by atoms with Gasteiger partial charge in [-0.05, 0) is 48.9 Å². The maximum atomic E-state index is 12.7. The summed E-state index contributed by atoms with van der Waals surface area (Å²) >= 11 is 0. The summed E-state index contributed by atoms with van der Waals surface area (Å²) in [5, 5.41) is 5.94. The molecule has 0 aliphatic rings. The lowest BCUT2D eigenvalue weighted by Gasteiger charge is -2.24. The molecule has 29 heavy (non-hydrogen) atoms. The van der Waals surface area contributed by atoms with Crippen molar-refractivity contribution < 1.29 is 14.3 Å². The van der Waals surface area contributed by atoms with Crippen molar-refractivity contribution in [2.45, 2.75) is 52.1 Å². The number of ether oxygens (including phenoxy) is 1. The van der Waals surface area contributed by atoms with E-state index in [1.807, 2.05) is 75.4 Å². The van der Waals surface area contributed by atoms with Crippen LogP contribution in [0.2, 0.25) is 0 Å². The number of methoxy groups -OCH3 is 1. The van der Waals surface area contributed by atoms with Crippen molar-refractivity contribution in [1.82, 2.24) is 10.6 Å². The summed E-state index contributed by atoms with van der Waals surface area (Å²) in [6.07, 6.45) is 1.95. The van der Waals surface area contributed by atoms with E-state index in [-0.39, 0.29) is 30.2 Å². The van der Waals surface area contributed by atoms with Crippen molar-refractivity contribution in [3.05, 3.63) is 65.7 Å². The molecule has 2 atom stereocenters. The second-order valence-electron chi connectivity index (χ2n) is 7.75. The summed E-state index contributed by atoms with van der Waals surface area (Å²) in [5.41, 5.74) is 2.13. The van der Waals surface area contributed by atoms with Gasteiger partial charge in [-0.3, -0.25) is 9.59 Å². The van der Waals surface area contributed by atoms with Crippen molar-refractivity contribution in [2.75, 3.05) is 7.11 Å². The Hall–Kier alpha value is -2.82. The number of benzene rings is 2. The van der Waals surface area contributed by atoms with E-state index < -0.39 is 6.04 Å². The molecule has 5 nitrogen and oxygen atoms in total. The highest BCUT2D eigenvalue weighted by Gasteiger charge is 2.25. The number of rotatable bonds is 10. The van der Waals surface area contributed by atoms with E-state index in [1.54, 1.807) is 7.11 Å².